The lowest BCUT2D eigenvalue weighted by molar-refractivity contribution is 0.102. The van der Waals surface area contributed by atoms with Crippen LogP contribution in [0.3, 0.4) is 0 Å². The van der Waals surface area contributed by atoms with Crippen molar-refractivity contribution in [3.05, 3.63) is 64.3 Å². The van der Waals surface area contributed by atoms with Gasteiger partial charge >= 0.3 is 0 Å². The second-order valence-corrected chi connectivity index (χ2v) is 5.46. The summed E-state index contributed by atoms with van der Waals surface area (Å²) in [4.78, 5) is 16.4. The molecular formula is C16H10Cl2N2O2. The van der Waals surface area contributed by atoms with Gasteiger partial charge in [0.1, 0.15) is 5.52 Å². The molecule has 2 aromatic carbocycles. The number of fused-ring (bicyclic) bond motifs is 1. The maximum atomic E-state index is 12.3. The van der Waals surface area contributed by atoms with E-state index in [-0.39, 0.29) is 16.8 Å². The highest BCUT2D eigenvalue weighted by Crippen LogP contribution is 2.33. The largest absolute Gasteiger partial charge is 0.505 e. The first-order valence-corrected chi connectivity index (χ1v) is 7.15. The predicted octanol–water partition coefficient (Wildman–Crippen LogP) is 4.50. The fourth-order valence-electron chi connectivity index (χ4n) is 2.09. The first-order valence-electron chi connectivity index (χ1n) is 6.39. The number of phenolic OH excluding ortho intramolecular Hbond substituents is 1. The van der Waals surface area contributed by atoms with Crippen molar-refractivity contribution in [1.82, 2.24) is 4.98 Å². The number of phenols is 1. The summed E-state index contributed by atoms with van der Waals surface area (Å²) in [6, 6.07) is 11.5. The van der Waals surface area contributed by atoms with Gasteiger partial charge in [0.25, 0.3) is 5.91 Å². The number of pyridine rings is 1. The number of aromatic hydroxyl groups is 1. The standard InChI is InChI=1S/C16H10Cl2N2O2/c17-9-3-5-10(6-4-9)20-16(22)12-8-13(18)11-2-1-7-19-14(11)15(12)21/h1-8,21H,(H,20,22). The van der Waals surface area contributed by atoms with Gasteiger partial charge in [0.05, 0.1) is 10.6 Å². The van der Waals surface area contributed by atoms with Gasteiger partial charge in [0.15, 0.2) is 5.75 Å². The number of amides is 1. The summed E-state index contributed by atoms with van der Waals surface area (Å²) in [5.74, 6) is -0.680. The predicted molar refractivity (Wildman–Crippen MR) is 87.8 cm³/mol. The van der Waals surface area contributed by atoms with Gasteiger partial charge in [-0.25, -0.2) is 0 Å². The summed E-state index contributed by atoms with van der Waals surface area (Å²) in [6.45, 7) is 0. The molecule has 0 atom stereocenters. The molecule has 3 aromatic rings. The van der Waals surface area contributed by atoms with Crippen LogP contribution in [0.5, 0.6) is 5.75 Å². The number of carbonyl (C=O) groups is 1. The van der Waals surface area contributed by atoms with Crippen molar-refractivity contribution >= 4 is 45.7 Å². The Bertz CT molecular complexity index is 864. The van der Waals surface area contributed by atoms with E-state index in [2.05, 4.69) is 10.3 Å². The van der Waals surface area contributed by atoms with Gasteiger partial charge in [-0.05, 0) is 42.5 Å². The third-order valence-electron chi connectivity index (χ3n) is 3.16. The second-order valence-electron chi connectivity index (χ2n) is 4.62. The molecule has 0 fully saturated rings. The van der Waals surface area contributed by atoms with Crippen LogP contribution in [0, 0.1) is 0 Å². The van der Waals surface area contributed by atoms with Gasteiger partial charge in [-0.3, -0.25) is 9.78 Å². The molecule has 0 unspecified atom stereocenters. The lowest BCUT2D eigenvalue weighted by Gasteiger charge is -2.10. The third-order valence-corrected chi connectivity index (χ3v) is 3.73. The van der Waals surface area contributed by atoms with E-state index in [1.54, 1.807) is 36.4 Å². The Morgan fingerprint density at radius 3 is 2.59 bits per heavy atom. The molecule has 0 spiro atoms. The van der Waals surface area contributed by atoms with Crippen LogP contribution >= 0.6 is 23.2 Å². The van der Waals surface area contributed by atoms with E-state index in [0.29, 0.717) is 21.1 Å². The summed E-state index contributed by atoms with van der Waals surface area (Å²) in [5.41, 5.74) is 0.911. The summed E-state index contributed by atoms with van der Waals surface area (Å²) < 4.78 is 0. The van der Waals surface area contributed by atoms with Crippen molar-refractivity contribution in [2.45, 2.75) is 0 Å². The highest BCUT2D eigenvalue weighted by Gasteiger charge is 2.17. The number of nitrogens with zero attached hydrogens (tertiary/aromatic N) is 1. The van der Waals surface area contributed by atoms with E-state index in [0.717, 1.165) is 0 Å². The molecule has 0 aliphatic rings. The molecular weight excluding hydrogens is 323 g/mol. The van der Waals surface area contributed by atoms with E-state index in [1.165, 1.54) is 12.3 Å². The number of aromatic nitrogens is 1. The minimum Gasteiger partial charge on any atom is -0.505 e. The average Bonchev–Trinajstić information content (AvgIpc) is 2.53. The normalized spacial score (nSPS) is 10.6. The molecule has 3 rings (SSSR count). The van der Waals surface area contributed by atoms with Crippen LogP contribution < -0.4 is 5.32 Å². The molecule has 110 valence electrons. The first kappa shape index (κ1) is 14.6. The quantitative estimate of drug-likeness (QED) is 0.726. The van der Waals surface area contributed by atoms with Crippen LogP contribution in [0.1, 0.15) is 10.4 Å². The number of carbonyl (C=O) groups excluding carboxylic acids is 1. The molecule has 0 saturated heterocycles. The van der Waals surface area contributed by atoms with Crippen LogP contribution in [0.25, 0.3) is 10.9 Å². The molecule has 0 saturated carbocycles. The molecule has 0 bridgehead atoms. The molecule has 1 heterocycles. The number of rotatable bonds is 2. The lowest BCUT2D eigenvalue weighted by atomic mass is 10.1. The Morgan fingerprint density at radius 1 is 1.14 bits per heavy atom. The highest BCUT2D eigenvalue weighted by atomic mass is 35.5. The first-order chi connectivity index (χ1) is 10.6. The average molecular weight is 333 g/mol. The van der Waals surface area contributed by atoms with Crippen LogP contribution in [-0.2, 0) is 0 Å². The molecule has 0 aliphatic carbocycles. The SMILES string of the molecule is O=C(Nc1ccc(Cl)cc1)c1cc(Cl)c2cccnc2c1O. The number of hydrogen-bond donors (Lipinski definition) is 2. The zero-order chi connectivity index (χ0) is 15.7. The topological polar surface area (TPSA) is 62.2 Å². The van der Waals surface area contributed by atoms with Gasteiger partial charge in [-0.2, -0.15) is 0 Å². The number of anilines is 1. The second kappa shape index (κ2) is 5.83. The van der Waals surface area contributed by atoms with Crippen molar-refractivity contribution in [2.75, 3.05) is 5.32 Å². The number of nitrogens with one attached hydrogen (secondary N) is 1. The van der Waals surface area contributed by atoms with Gasteiger partial charge in [-0.1, -0.05) is 23.2 Å². The Balaban J connectivity index is 2.00. The molecule has 1 aromatic heterocycles. The molecule has 1 amide bonds. The molecule has 0 radical (unpaired) electrons. The molecule has 2 N–H and O–H groups in total. The number of halogens is 2. The third kappa shape index (κ3) is 2.71. The Kier molecular flexibility index (Phi) is 3.88. The van der Waals surface area contributed by atoms with E-state index in [1.807, 2.05) is 0 Å². The fraction of sp³-hybridized carbons (Fsp3) is 0. The van der Waals surface area contributed by atoms with Crippen molar-refractivity contribution in [2.24, 2.45) is 0 Å². The van der Waals surface area contributed by atoms with Gasteiger partial charge in [0.2, 0.25) is 0 Å². The smallest absolute Gasteiger partial charge is 0.259 e. The van der Waals surface area contributed by atoms with Gasteiger partial charge < -0.3 is 10.4 Å². The Labute approximate surface area is 136 Å². The van der Waals surface area contributed by atoms with E-state index in [9.17, 15) is 9.90 Å². The molecule has 0 aliphatic heterocycles. The van der Waals surface area contributed by atoms with Crippen molar-refractivity contribution in [3.8, 4) is 5.75 Å². The minimum absolute atomic E-state index is 0.0613. The maximum Gasteiger partial charge on any atom is 0.259 e. The van der Waals surface area contributed by atoms with Gasteiger partial charge in [0, 0.05) is 22.3 Å². The fourth-order valence-corrected chi connectivity index (χ4v) is 2.48. The summed E-state index contributed by atoms with van der Waals surface area (Å²) >= 11 is 12.0. The van der Waals surface area contributed by atoms with Crippen LogP contribution in [0.15, 0.2) is 48.7 Å². The van der Waals surface area contributed by atoms with Crippen LogP contribution in [0.4, 0.5) is 5.69 Å². The molecule has 4 nitrogen and oxygen atoms in total. The van der Waals surface area contributed by atoms with Crippen molar-refractivity contribution in [3.63, 3.8) is 0 Å². The number of benzene rings is 2. The summed E-state index contributed by atoms with van der Waals surface area (Å²) in [7, 11) is 0. The zero-order valence-electron chi connectivity index (χ0n) is 11.2. The van der Waals surface area contributed by atoms with E-state index < -0.39 is 5.91 Å². The lowest BCUT2D eigenvalue weighted by Crippen LogP contribution is -2.12. The summed E-state index contributed by atoms with van der Waals surface area (Å²) in [6.07, 6.45) is 1.53. The van der Waals surface area contributed by atoms with Gasteiger partial charge in [-0.15, -0.1) is 0 Å². The highest BCUT2D eigenvalue weighted by molar-refractivity contribution is 6.36. The maximum absolute atomic E-state index is 12.3. The monoisotopic (exact) mass is 332 g/mol. The van der Waals surface area contributed by atoms with Crippen LogP contribution in [-0.4, -0.2) is 16.0 Å². The van der Waals surface area contributed by atoms with E-state index >= 15 is 0 Å². The van der Waals surface area contributed by atoms with Crippen LogP contribution in [0.2, 0.25) is 10.0 Å². The molecule has 6 heteroatoms. The Hall–Kier alpha value is -2.30. The minimum atomic E-state index is -0.478. The van der Waals surface area contributed by atoms with Crippen molar-refractivity contribution < 1.29 is 9.90 Å². The number of hydrogen-bond acceptors (Lipinski definition) is 3. The zero-order valence-corrected chi connectivity index (χ0v) is 12.7. The van der Waals surface area contributed by atoms with Crippen molar-refractivity contribution in [1.29, 1.82) is 0 Å². The van der Waals surface area contributed by atoms with E-state index in [4.69, 9.17) is 23.2 Å². The summed E-state index contributed by atoms with van der Waals surface area (Å²) in [5, 5.41) is 14.4. The molecule has 22 heavy (non-hydrogen) atoms. The Morgan fingerprint density at radius 2 is 1.86 bits per heavy atom.